The Morgan fingerprint density at radius 3 is 2.59 bits per heavy atom. The molecule has 0 aromatic heterocycles. The van der Waals surface area contributed by atoms with Gasteiger partial charge in [0.15, 0.2) is 0 Å². The summed E-state index contributed by atoms with van der Waals surface area (Å²) < 4.78 is 0. The number of likely N-dealkylation sites (tertiary alicyclic amines) is 1. The van der Waals surface area contributed by atoms with Crippen LogP contribution < -0.4 is 10.2 Å². The summed E-state index contributed by atoms with van der Waals surface area (Å²) >= 11 is 0. The number of amides is 1. The smallest absolute Gasteiger partial charge is 0.251 e. The van der Waals surface area contributed by atoms with E-state index in [0.717, 1.165) is 30.3 Å². The number of piperidine rings is 1. The van der Waals surface area contributed by atoms with E-state index in [1.54, 1.807) is 0 Å². The Morgan fingerprint density at radius 1 is 1.15 bits per heavy atom. The van der Waals surface area contributed by atoms with Gasteiger partial charge in [0.25, 0.3) is 5.91 Å². The minimum Gasteiger partial charge on any atom is -0.373 e. The molecular formula is C23H31N3O. The van der Waals surface area contributed by atoms with Crippen LogP contribution in [0, 0.1) is 5.92 Å². The van der Waals surface area contributed by atoms with Crippen LogP contribution in [0.4, 0.5) is 5.69 Å². The molecule has 2 aromatic rings. The number of nitrogens with one attached hydrogen (secondary N) is 1. The van der Waals surface area contributed by atoms with Crippen molar-refractivity contribution in [3.05, 3.63) is 65.7 Å². The van der Waals surface area contributed by atoms with Crippen molar-refractivity contribution in [3.8, 4) is 0 Å². The van der Waals surface area contributed by atoms with Crippen LogP contribution in [0.1, 0.15) is 35.7 Å². The zero-order valence-corrected chi connectivity index (χ0v) is 16.5. The highest BCUT2D eigenvalue weighted by Crippen LogP contribution is 2.18. The van der Waals surface area contributed by atoms with E-state index in [1.165, 1.54) is 31.5 Å². The van der Waals surface area contributed by atoms with Gasteiger partial charge in [0.1, 0.15) is 0 Å². The number of anilines is 1. The van der Waals surface area contributed by atoms with Gasteiger partial charge in [-0.15, -0.1) is 0 Å². The van der Waals surface area contributed by atoms with E-state index in [4.69, 9.17) is 0 Å². The average Bonchev–Trinajstić information content (AvgIpc) is 2.69. The number of nitrogens with zero attached hydrogens (tertiary/aromatic N) is 2. The first-order valence-electron chi connectivity index (χ1n) is 9.97. The number of hydrogen-bond donors (Lipinski definition) is 1. The Balaban J connectivity index is 1.44. The van der Waals surface area contributed by atoms with Gasteiger partial charge in [-0.05, 0) is 55.1 Å². The molecule has 0 radical (unpaired) electrons. The SMILES string of the molecule is CC1CCCN(Cc2ccc(C(=O)NCCN(C)c3ccccc3)cc2)C1. The summed E-state index contributed by atoms with van der Waals surface area (Å²) in [6.07, 6.45) is 2.63. The highest BCUT2D eigenvalue weighted by Gasteiger charge is 2.16. The predicted molar refractivity (Wildman–Crippen MR) is 112 cm³/mol. The lowest BCUT2D eigenvalue weighted by atomic mass is 9.99. The van der Waals surface area contributed by atoms with E-state index in [0.29, 0.717) is 6.54 Å². The molecular weight excluding hydrogens is 334 g/mol. The van der Waals surface area contributed by atoms with Crippen molar-refractivity contribution in [2.75, 3.05) is 38.1 Å². The van der Waals surface area contributed by atoms with Crippen LogP contribution in [0.3, 0.4) is 0 Å². The van der Waals surface area contributed by atoms with Crippen molar-refractivity contribution in [3.63, 3.8) is 0 Å². The van der Waals surface area contributed by atoms with Gasteiger partial charge in [-0.25, -0.2) is 0 Å². The molecule has 1 aliphatic rings. The van der Waals surface area contributed by atoms with E-state index < -0.39 is 0 Å². The van der Waals surface area contributed by atoms with Crippen molar-refractivity contribution in [2.24, 2.45) is 5.92 Å². The molecule has 2 aromatic carbocycles. The molecule has 1 saturated heterocycles. The van der Waals surface area contributed by atoms with Crippen molar-refractivity contribution in [2.45, 2.75) is 26.3 Å². The van der Waals surface area contributed by atoms with Crippen LogP contribution in [0.15, 0.2) is 54.6 Å². The summed E-state index contributed by atoms with van der Waals surface area (Å²) in [7, 11) is 2.04. The molecule has 27 heavy (non-hydrogen) atoms. The molecule has 0 bridgehead atoms. The third kappa shape index (κ3) is 5.83. The second-order valence-corrected chi connectivity index (χ2v) is 7.69. The fourth-order valence-electron chi connectivity index (χ4n) is 3.70. The number of rotatable bonds is 7. The Bertz CT molecular complexity index is 714. The van der Waals surface area contributed by atoms with Crippen LogP contribution in [0.25, 0.3) is 0 Å². The summed E-state index contributed by atoms with van der Waals surface area (Å²) in [4.78, 5) is 17.0. The standard InChI is InChI=1S/C23H31N3O/c1-19-7-6-15-26(17-19)18-20-10-12-21(13-11-20)23(27)24-14-16-25(2)22-8-4-3-5-9-22/h3-5,8-13,19H,6-7,14-18H2,1-2H3,(H,24,27). The van der Waals surface area contributed by atoms with Gasteiger partial charge >= 0.3 is 0 Å². The van der Waals surface area contributed by atoms with Crippen LogP contribution in [0.2, 0.25) is 0 Å². The Hall–Kier alpha value is -2.33. The molecule has 4 heteroatoms. The number of para-hydroxylation sites is 1. The molecule has 1 unspecified atom stereocenters. The minimum atomic E-state index is -0.00499. The molecule has 1 amide bonds. The van der Waals surface area contributed by atoms with Crippen molar-refractivity contribution < 1.29 is 4.79 Å². The third-order valence-electron chi connectivity index (χ3n) is 5.29. The van der Waals surface area contributed by atoms with Gasteiger partial charge in [0, 0.05) is 44.5 Å². The number of carbonyl (C=O) groups excluding carboxylic acids is 1. The molecule has 144 valence electrons. The lowest BCUT2D eigenvalue weighted by Crippen LogP contribution is -2.34. The topological polar surface area (TPSA) is 35.6 Å². The lowest BCUT2D eigenvalue weighted by molar-refractivity contribution is 0.0954. The van der Waals surface area contributed by atoms with Gasteiger partial charge in [-0.1, -0.05) is 37.3 Å². The van der Waals surface area contributed by atoms with Crippen LogP contribution in [-0.4, -0.2) is 44.0 Å². The van der Waals surface area contributed by atoms with E-state index in [2.05, 4.69) is 46.3 Å². The fraction of sp³-hybridized carbons (Fsp3) is 0.435. The van der Waals surface area contributed by atoms with Crippen molar-refractivity contribution in [1.82, 2.24) is 10.2 Å². The molecule has 1 aliphatic heterocycles. The van der Waals surface area contributed by atoms with Crippen LogP contribution in [0.5, 0.6) is 0 Å². The molecule has 4 nitrogen and oxygen atoms in total. The molecule has 1 N–H and O–H groups in total. The number of hydrogen-bond acceptors (Lipinski definition) is 3. The van der Waals surface area contributed by atoms with Gasteiger partial charge in [-0.3, -0.25) is 9.69 Å². The zero-order valence-electron chi connectivity index (χ0n) is 16.5. The summed E-state index contributed by atoms with van der Waals surface area (Å²) in [5.41, 5.74) is 3.17. The van der Waals surface area contributed by atoms with E-state index in [1.807, 2.05) is 37.4 Å². The largest absolute Gasteiger partial charge is 0.373 e. The van der Waals surface area contributed by atoms with E-state index in [-0.39, 0.29) is 5.91 Å². The summed E-state index contributed by atoms with van der Waals surface area (Å²) in [6.45, 7) is 7.07. The highest BCUT2D eigenvalue weighted by molar-refractivity contribution is 5.94. The Morgan fingerprint density at radius 2 is 1.89 bits per heavy atom. The minimum absolute atomic E-state index is 0.00499. The Labute approximate surface area is 163 Å². The number of benzene rings is 2. The van der Waals surface area contributed by atoms with Gasteiger partial charge < -0.3 is 10.2 Å². The zero-order chi connectivity index (χ0) is 19.1. The average molecular weight is 366 g/mol. The second-order valence-electron chi connectivity index (χ2n) is 7.69. The molecule has 0 aliphatic carbocycles. The highest BCUT2D eigenvalue weighted by atomic mass is 16.1. The van der Waals surface area contributed by atoms with Crippen LogP contribution >= 0.6 is 0 Å². The first-order chi connectivity index (χ1) is 13.1. The Kier molecular flexibility index (Phi) is 6.88. The van der Waals surface area contributed by atoms with Gasteiger partial charge in [0.2, 0.25) is 0 Å². The molecule has 1 atom stereocenters. The maximum atomic E-state index is 12.4. The maximum absolute atomic E-state index is 12.4. The lowest BCUT2D eigenvalue weighted by Gasteiger charge is -2.30. The first-order valence-corrected chi connectivity index (χ1v) is 9.97. The normalized spacial score (nSPS) is 17.5. The molecule has 1 fully saturated rings. The predicted octanol–water partition coefficient (Wildman–Crippen LogP) is 3.78. The summed E-state index contributed by atoms with van der Waals surface area (Å²) in [5, 5.41) is 3.02. The van der Waals surface area contributed by atoms with E-state index >= 15 is 0 Å². The van der Waals surface area contributed by atoms with Crippen LogP contribution in [-0.2, 0) is 6.54 Å². The quantitative estimate of drug-likeness (QED) is 0.811. The molecule has 0 spiro atoms. The summed E-state index contributed by atoms with van der Waals surface area (Å²) in [5.74, 6) is 0.785. The maximum Gasteiger partial charge on any atom is 0.251 e. The molecule has 0 saturated carbocycles. The number of likely N-dealkylation sites (N-methyl/N-ethyl adjacent to an activating group) is 1. The van der Waals surface area contributed by atoms with E-state index in [9.17, 15) is 4.79 Å². The molecule has 3 rings (SSSR count). The molecule has 1 heterocycles. The van der Waals surface area contributed by atoms with Crippen molar-refractivity contribution >= 4 is 11.6 Å². The first kappa shape index (κ1) is 19.4. The monoisotopic (exact) mass is 365 g/mol. The van der Waals surface area contributed by atoms with Gasteiger partial charge in [-0.2, -0.15) is 0 Å². The second kappa shape index (κ2) is 9.56. The summed E-state index contributed by atoms with van der Waals surface area (Å²) in [6, 6.07) is 18.3. The third-order valence-corrected chi connectivity index (χ3v) is 5.29. The van der Waals surface area contributed by atoms with Gasteiger partial charge in [0.05, 0.1) is 0 Å². The number of carbonyl (C=O) groups is 1. The van der Waals surface area contributed by atoms with Crippen molar-refractivity contribution in [1.29, 1.82) is 0 Å². The fourth-order valence-corrected chi connectivity index (χ4v) is 3.70.